The smallest absolute Gasteiger partial charge is 0.342 e. The molecule has 0 fully saturated rings. The number of benzene rings is 1. The Hall–Kier alpha value is -1.56. The summed E-state index contributed by atoms with van der Waals surface area (Å²) in [5, 5.41) is 3.08. The second-order valence-electron chi connectivity index (χ2n) is 2.95. The summed E-state index contributed by atoms with van der Waals surface area (Å²) in [6, 6.07) is 3.42. The normalized spacial score (nSPS) is 11.8. The molecule has 0 radical (unpaired) electrons. The lowest BCUT2D eigenvalue weighted by Gasteiger charge is -2.09. The van der Waals surface area contributed by atoms with Crippen molar-refractivity contribution in [3.05, 3.63) is 35.2 Å². The van der Waals surface area contributed by atoms with Crippen LogP contribution >= 0.6 is 11.6 Å². The third-order valence-electron chi connectivity index (χ3n) is 1.89. The van der Waals surface area contributed by atoms with Crippen LogP contribution in [0.5, 0.6) is 0 Å². The van der Waals surface area contributed by atoms with E-state index < -0.39 is 11.7 Å². The maximum atomic E-state index is 12.5. The van der Waals surface area contributed by atoms with Crippen molar-refractivity contribution in [1.29, 1.82) is 0 Å². The number of rotatable bonds is 1. The molecule has 2 rings (SSSR count). The predicted octanol–water partition coefficient (Wildman–Crippen LogP) is 3.41. The second-order valence-corrected chi connectivity index (χ2v) is 3.35. The van der Waals surface area contributed by atoms with E-state index in [2.05, 4.69) is 14.7 Å². The van der Waals surface area contributed by atoms with Crippen LogP contribution in [0.3, 0.4) is 0 Å². The molecule has 0 aliphatic rings. The molecule has 1 heterocycles. The second kappa shape index (κ2) is 3.79. The van der Waals surface area contributed by atoms with Crippen LogP contribution < -0.4 is 0 Å². The first-order valence-electron chi connectivity index (χ1n) is 4.12. The summed E-state index contributed by atoms with van der Waals surface area (Å²) in [4.78, 5) is 3.65. The molecule has 0 aliphatic carbocycles. The fourth-order valence-electron chi connectivity index (χ4n) is 1.18. The van der Waals surface area contributed by atoms with Crippen LogP contribution in [0.25, 0.3) is 11.4 Å². The molecule has 0 atom stereocenters. The molecule has 16 heavy (non-hydrogen) atoms. The van der Waals surface area contributed by atoms with Gasteiger partial charge in [0.1, 0.15) is 0 Å². The molecule has 2 aromatic rings. The lowest BCUT2D eigenvalue weighted by Crippen LogP contribution is -2.06. The van der Waals surface area contributed by atoms with E-state index in [1.165, 1.54) is 6.07 Å². The van der Waals surface area contributed by atoms with Gasteiger partial charge in [0, 0.05) is 5.56 Å². The van der Waals surface area contributed by atoms with Gasteiger partial charge in [0.05, 0.1) is 10.6 Å². The molecular weight excluding hydrogens is 245 g/mol. The molecule has 0 N–H and O–H groups in total. The quantitative estimate of drug-likeness (QED) is 0.776. The van der Waals surface area contributed by atoms with Crippen LogP contribution in [0.4, 0.5) is 13.2 Å². The SMILES string of the molecule is FC(F)(F)c1cc(-c2ncon2)ccc1Cl. The van der Waals surface area contributed by atoms with Crippen molar-refractivity contribution in [2.24, 2.45) is 0 Å². The van der Waals surface area contributed by atoms with Crippen molar-refractivity contribution >= 4 is 11.6 Å². The van der Waals surface area contributed by atoms with Gasteiger partial charge in [-0.1, -0.05) is 16.8 Å². The highest BCUT2D eigenvalue weighted by molar-refractivity contribution is 6.31. The molecule has 0 aliphatic heterocycles. The summed E-state index contributed by atoms with van der Waals surface area (Å²) in [6.45, 7) is 0. The predicted molar refractivity (Wildman–Crippen MR) is 49.7 cm³/mol. The molecule has 7 heteroatoms. The fourth-order valence-corrected chi connectivity index (χ4v) is 1.40. The molecule has 0 saturated carbocycles. The molecule has 0 amide bonds. The maximum absolute atomic E-state index is 12.5. The Morgan fingerprint density at radius 1 is 1.25 bits per heavy atom. The van der Waals surface area contributed by atoms with E-state index >= 15 is 0 Å². The molecule has 1 aromatic carbocycles. The third kappa shape index (κ3) is 2.01. The van der Waals surface area contributed by atoms with Crippen molar-refractivity contribution in [2.75, 3.05) is 0 Å². The highest BCUT2D eigenvalue weighted by atomic mass is 35.5. The number of nitrogens with zero attached hydrogens (tertiary/aromatic N) is 2. The Morgan fingerprint density at radius 2 is 2.00 bits per heavy atom. The van der Waals surface area contributed by atoms with Crippen molar-refractivity contribution in [3.63, 3.8) is 0 Å². The van der Waals surface area contributed by atoms with E-state index in [4.69, 9.17) is 11.6 Å². The van der Waals surface area contributed by atoms with Crippen molar-refractivity contribution in [1.82, 2.24) is 10.1 Å². The average Bonchev–Trinajstić information content (AvgIpc) is 2.69. The molecule has 84 valence electrons. The monoisotopic (exact) mass is 248 g/mol. The van der Waals surface area contributed by atoms with Crippen LogP contribution in [0, 0.1) is 0 Å². The standard InChI is InChI=1S/C9H4ClF3N2O/c10-7-2-1-5(8-14-4-16-15-8)3-6(7)9(11,12)13/h1-4H. The van der Waals surface area contributed by atoms with Crippen LogP contribution in [0.15, 0.2) is 29.1 Å². The van der Waals surface area contributed by atoms with Gasteiger partial charge in [-0.2, -0.15) is 18.2 Å². The van der Waals surface area contributed by atoms with Crippen molar-refractivity contribution < 1.29 is 17.7 Å². The summed E-state index contributed by atoms with van der Waals surface area (Å²) in [6.07, 6.45) is -3.46. The van der Waals surface area contributed by atoms with E-state index in [0.717, 1.165) is 18.5 Å². The minimum Gasteiger partial charge on any atom is -0.342 e. The maximum Gasteiger partial charge on any atom is 0.417 e. The largest absolute Gasteiger partial charge is 0.417 e. The molecule has 0 unspecified atom stereocenters. The van der Waals surface area contributed by atoms with Gasteiger partial charge in [-0.05, 0) is 18.2 Å². The van der Waals surface area contributed by atoms with Gasteiger partial charge in [0.25, 0.3) is 0 Å². The summed E-state index contributed by atoms with van der Waals surface area (Å²) < 4.78 is 42.0. The van der Waals surface area contributed by atoms with Gasteiger partial charge in [-0.3, -0.25) is 0 Å². The molecule has 0 spiro atoms. The molecule has 1 aromatic heterocycles. The number of aromatic nitrogens is 2. The summed E-state index contributed by atoms with van der Waals surface area (Å²) in [7, 11) is 0. The van der Waals surface area contributed by atoms with E-state index in [0.29, 0.717) is 0 Å². The number of halogens is 4. The van der Waals surface area contributed by atoms with E-state index in [1.807, 2.05) is 0 Å². The Labute approximate surface area is 92.8 Å². The molecule has 0 bridgehead atoms. The van der Waals surface area contributed by atoms with Gasteiger partial charge >= 0.3 is 6.18 Å². The topological polar surface area (TPSA) is 38.9 Å². The minimum absolute atomic E-state index is 0.0853. The van der Waals surface area contributed by atoms with E-state index in [-0.39, 0.29) is 16.4 Å². The summed E-state index contributed by atoms with van der Waals surface area (Å²) in [5.41, 5.74) is -0.720. The van der Waals surface area contributed by atoms with Gasteiger partial charge < -0.3 is 4.52 Å². The van der Waals surface area contributed by atoms with Crippen LogP contribution in [-0.2, 0) is 6.18 Å². The minimum atomic E-state index is -4.50. The van der Waals surface area contributed by atoms with Crippen LogP contribution in [-0.4, -0.2) is 10.1 Å². The number of hydrogen-bond donors (Lipinski definition) is 0. The Kier molecular flexibility index (Phi) is 2.59. The summed E-state index contributed by atoms with van der Waals surface area (Å²) in [5.74, 6) is 0.0853. The zero-order valence-corrected chi connectivity index (χ0v) is 8.38. The zero-order valence-electron chi connectivity index (χ0n) is 7.62. The first kappa shape index (κ1) is 10.9. The van der Waals surface area contributed by atoms with Gasteiger partial charge in [0.2, 0.25) is 12.2 Å². The Balaban J connectivity index is 2.52. The highest BCUT2D eigenvalue weighted by Crippen LogP contribution is 2.36. The Morgan fingerprint density at radius 3 is 2.56 bits per heavy atom. The average molecular weight is 249 g/mol. The third-order valence-corrected chi connectivity index (χ3v) is 2.22. The Bertz CT molecular complexity index is 496. The van der Waals surface area contributed by atoms with Gasteiger partial charge in [-0.15, -0.1) is 0 Å². The lowest BCUT2D eigenvalue weighted by atomic mass is 10.1. The zero-order chi connectivity index (χ0) is 11.8. The number of hydrogen-bond acceptors (Lipinski definition) is 3. The first-order valence-corrected chi connectivity index (χ1v) is 4.50. The highest BCUT2D eigenvalue weighted by Gasteiger charge is 2.33. The van der Waals surface area contributed by atoms with E-state index in [9.17, 15) is 13.2 Å². The molecule has 3 nitrogen and oxygen atoms in total. The number of alkyl halides is 3. The molecule has 0 saturated heterocycles. The van der Waals surface area contributed by atoms with Gasteiger partial charge in [-0.25, -0.2) is 0 Å². The van der Waals surface area contributed by atoms with E-state index in [1.54, 1.807) is 0 Å². The van der Waals surface area contributed by atoms with Gasteiger partial charge in [0.15, 0.2) is 0 Å². The fraction of sp³-hybridized carbons (Fsp3) is 0.111. The van der Waals surface area contributed by atoms with Crippen LogP contribution in [0.2, 0.25) is 5.02 Å². The molecular formula is C9H4ClF3N2O. The summed E-state index contributed by atoms with van der Waals surface area (Å²) >= 11 is 5.46. The van der Waals surface area contributed by atoms with Crippen molar-refractivity contribution in [3.8, 4) is 11.4 Å². The lowest BCUT2D eigenvalue weighted by molar-refractivity contribution is -0.137. The van der Waals surface area contributed by atoms with Crippen LogP contribution in [0.1, 0.15) is 5.56 Å². The van der Waals surface area contributed by atoms with Crippen molar-refractivity contribution in [2.45, 2.75) is 6.18 Å². The first-order chi connectivity index (χ1) is 7.48.